The number of amides is 1. The molecule has 1 saturated carbocycles. The van der Waals surface area contributed by atoms with Crippen LogP contribution >= 0.6 is 11.6 Å². The molecule has 1 aliphatic carbocycles. The highest BCUT2D eigenvalue weighted by Gasteiger charge is 2.27. The third kappa shape index (κ3) is 6.81. The molecule has 1 aliphatic heterocycles. The molecule has 5 rings (SSSR count). The van der Waals surface area contributed by atoms with Gasteiger partial charge in [0.15, 0.2) is 11.6 Å². The van der Waals surface area contributed by atoms with Crippen molar-refractivity contribution in [1.29, 1.82) is 0 Å². The summed E-state index contributed by atoms with van der Waals surface area (Å²) in [5.74, 6) is -1.28. The minimum Gasteiger partial charge on any atom is -0.456 e. The molecule has 3 aromatic rings. The first-order chi connectivity index (χ1) is 19.8. The van der Waals surface area contributed by atoms with Crippen LogP contribution in [0.4, 0.5) is 4.39 Å². The van der Waals surface area contributed by atoms with Gasteiger partial charge in [-0.1, -0.05) is 54.6 Å². The lowest BCUT2D eigenvalue weighted by Crippen LogP contribution is -2.39. The Morgan fingerprint density at radius 3 is 2.51 bits per heavy atom. The Morgan fingerprint density at radius 2 is 1.83 bits per heavy atom. The Labute approximate surface area is 245 Å². The van der Waals surface area contributed by atoms with Gasteiger partial charge in [-0.25, -0.2) is 4.39 Å². The molecule has 1 saturated heterocycles. The smallest absolute Gasteiger partial charge is 0.249 e. The van der Waals surface area contributed by atoms with Crippen LogP contribution in [0.2, 0.25) is 5.02 Å². The molecular formula is C33H37ClFN3O3. The van der Waals surface area contributed by atoms with E-state index in [4.69, 9.17) is 32.5 Å². The summed E-state index contributed by atoms with van der Waals surface area (Å²) in [6.45, 7) is 5.23. The Morgan fingerprint density at radius 1 is 1.07 bits per heavy atom. The summed E-state index contributed by atoms with van der Waals surface area (Å²) in [4.78, 5) is 12.5. The van der Waals surface area contributed by atoms with E-state index in [1.165, 1.54) is 12.1 Å². The molecule has 1 unspecified atom stereocenters. The van der Waals surface area contributed by atoms with Crippen molar-refractivity contribution in [3.05, 3.63) is 101 Å². The summed E-state index contributed by atoms with van der Waals surface area (Å²) in [6.07, 6.45) is 5.41. The van der Waals surface area contributed by atoms with Crippen molar-refractivity contribution in [2.45, 2.75) is 62.6 Å². The maximum atomic E-state index is 16.2. The number of nitrogens with two attached hydrogens (primary N) is 2. The molecule has 0 radical (unpaired) electrons. The fraction of sp³-hybridized carbons (Fsp3) is 0.364. The van der Waals surface area contributed by atoms with Gasteiger partial charge in [0.2, 0.25) is 5.91 Å². The normalized spacial score (nSPS) is 21.4. The zero-order valence-corrected chi connectivity index (χ0v) is 23.8. The topological polar surface area (TPSA) is 99.6 Å². The van der Waals surface area contributed by atoms with Gasteiger partial charge in [-0.3, -0.25) is 4.79 Å². The lowest BCUT2D eigenvalue weighted by Gasteiger charge is -2.29. The molecule has 2 atom stereocenters. The summed E-state index contributed by atoms with van der Waals surface area (Å²) < 4.78 is 27.6. The van der Waals surface area contributed by atoms with E-state index < -0.39 is 11.7 Å². The number of ether oxygens (including phenoxy) is 2. The lowest BCUT2D eigenvalue weighted by atomic mass is 9.87. The van der Waals surface area contributed by atoms with Crippen LogP contribution in [0.5, 0.6) is 5.75 Å². The lowest BCUT2D eigenvalue weighted by molar-refractivity contribution is 0.0999. The predicted molar refractivity (Wildman–Crippen MR) is 161 cm³/mol. The summed E-state index contributed by atoms with van der Waals surface area (Å²) in [7, 11) is 0. The average molecular weight is 578 g/mol. The van der Waals surface area contributed by atoms with Crippen LogP contribution in [0.15, 0.2) is 73.0 Å². The second-order valence-electron chi connectivity index (χ2n) is 11.0. The fourth-order valence-corrected chi connectivity index (χ4v) is 6.03. The minimum atomic E-state index is -0.762. The average Bonchev–Trinajstić information content (AvgIpc) is 3.52. The van der Waals surface area contributed by atoms with E-state index in [2.05, 4.69) is 24.0 Å². The number of benzene rings is 3. The zero-order chi connectivity index (χ0) is 28.9. The van der Waals surface area contributed by atoms with Crippen LogP contribution < -0.4 is 21.5 Å². The van der Waals surface area contributed by atoms with Gasteiger partial charge in [0.05, 0.1) is 5.56 Å². The third-order valence-corrected chi connectivity index (χ3v) is 8.48. The Bertz CT molecular complexity index is 1390. The largest absolute Gasteiger partial charge is 0.456 e. The summed E-state index contributed by atoms with van der Waals surface area (Å²) >= 11 is 6.68. The van der Waals surface area contributed by atoms with E-state index in [0.29, 0.717) is 35.5 Å². The monoisotopic (exact) mass is 577 g/mol. The van der Waals surface area contributed by atoms with E-state index in [9.17, 15) is 4.79 Å². The van der Waals surface area contributed by atoms with E-state index in [0.717, 1.165) is 49.7 Å². The van der Waals surface area contributed by atoms with E-state index in [-0.39, 0.29) is 34.9 Å². The second-order valence-corrected chi connectivity index (χ2v) is 11.4. The van der Waals surface area contributed by atoms with E-state index >= 15 is 4.39 Å². The van der Waals surface area contributed by atoms with Gasteiger partial charge in [-0.2, -0.15) is 0 Å². The van der Waals surface area contributed by atoms with Gasteiger partial charge < -0.3 is 26.3 Å². The molecule has 5 N–H and O–H groups in total. The van der Waals surface area contributed by atoms with Crippen LogP contribution in [0, 0.1) is 5.82 Å². The number of hydrogen-bond acceptors (Lipinski definition) is 5. The molecule has 0 spiro atoms. The molecule has 3 aromatic carbocycles. The third-order valence-electron chi connectivity index (χ3n) is 8.15. The summed E-state index contributed by atoms with van der Waals surface area (Å²) in [6, 6.07) is 19.2. The molecule has 1 amide bonds. The summed E-state index contributed by atoms with van der Waals surface area (Å²) in [5.41, 5.74) is 14.2. The molecule has 41 heavy (non-hydrogen) atoms. The minimum absolute atomic E-state index is 0.00280. The highest BCUT2D eigenvalue weighted by molar-refractivity contribution is 6.33. The zero-order valence-electron chi connectivity index (χ0n) is 23.1. The van der Waals surface area contributed by atoms with Crippen molar-refractivity contribution in [3.63, 3.8) is 0 Å². The first kappa shape index (κ1) is 29.3. The van der Waals surface area contributed by atoms with Gasteiger partial charge in [0.25, 0.3) is 0 Å². The molecule has 1 heterocycles. The van der Waals surface area contributed by atoms with Crippen molar-refractivity contribution >= 4 is 17.5 Å². The molecule has 216 valence electrons. The van der Waals surface area contributed by atoms with Crippen molar-refractivity contribution in [1.82, 2.24) is 5.32 Å². The highest BCUT2D eigenvalue weighted by Crippen LogP contribution is 2.40. The molecular weight excluding hydrogens is 541 g/mol. The SMILES string of the molecule is C=C(Oc1ccc(C(N)=O)c(-c2cc(C(CNC3CCC(N)CC3)c3ccccc3)ccc2Cl)c1F)[C@@H]1CCCO1. The first-order valence-electron chi connectivity index (χ1n) is 14.3. The number of hydrogen-bond donors (Lipinski definition) is 3. The van der Waals surface area contributed by atoms with Crippen LogP contribution in [-0.2, 0) is 4.74 Å². The van der Waals surface area contributed by atoms with Crippen molar-refractivity contribution in [3.8, 4) is 16.9 Å². The molecule has 2 fully saturated rings. The van der Waals surface area contributed by atoms with Crippen molar-refractivity contribution in [2.75, 3.05) is 13.2 Å². The number of nitrogens with one attached hydrogen (secondary N) is 1. The number of primary amides is 1. The quantitative estimate of drug-likeness (QED) is 0.245. The van der Waals surface area contributed by atoms with Gasteiger partial charge in [-0.05, 0) is 73.9 Å². The van der Waals surface area contributed by atoms with Crippen LogP contribution in [0.3, 0.4) is 0 Å². The van der Waals surface area contributed by atoms with Crippen LogP contribution in [-0.4, -0.2) is 37.2 Å². The highest BCUT2D eigenvalue weighted by atomic mass is 35.5. The second kappa shape index (κ2) is 13.2. The van der Waals surface area contributed by atoms with Gasteiger partial charge in [0, 0.05) is 47.3 Å². The van der Waals surface area contributed by atoms with E-state index in [1.807, 2.05) is 30.3 Å². The number of halogens is 2. The molecule has 0 aromatic heterocycles. The van der Waals surface area contributed by atoms with Crippen LogP contribution in [0.1, 0.15) is 65.9 Å². The van der Waals surface area contributed by atoms with Gasteiger partial charge in [0.1, 0.15) is 11.9 Å². The molecule has 0 bridgehead atoms. The molecule has 6 nitrogen and oxygen atoms in total. The first-order valence-corrected chi connectivity index (χ1v) is 14.6. The van der Waals surface area contributed by atoms with Crippen molar-refractivity contribution in [2.24, 2.45) is 11.5 Å². The van der Waals surface area contributed by atoms with Crippen LogP contribution in [0.25, 0.3) is 11.1 Å². The predicted octanol–water partition coefficient (Wildman–Crippen LogP) is 6.31. The Hall–Kier alpha value is -3.23. The number of carbonyl (C=O) groups is 1. The maximum Gasteiger partial charge on any atom is 0.249 e. The standard InChI is InChI=1S/C33H37ClFN3O3/c1-20(29-8-5-17-40-29)41-30-16-14-25(33(37)39)31(32(30)35)26-18-22(9-15-28(26)34)27(21-6-3-2-4-7-21)19-38-24-12-10-23(36)11-13-24/h2-4,6-7,9,14-16,18,23-24,27,29,38H,1,5,8,10-13,17,19,36H2,(H2,37,39)/t23?,24?,27?,29-/m0/s1. The molecule has 2 aliphatic rings. The number of rotatable bonds is 10. The number of carbonyl (C=O) groups excluding carboxylic acids is 1. The van der Waals surface area contributed by atoms with Gasteiger partial charge in [-0.15, -0.1) is 0 Å². The van der Waals surface area contributed by atoms with Crippen molar-refractivity contribution < 1.29 is 18.7 Å². The van der Waals surface area contributed by atoms with E-state index in [1.54, 1.807) is 6.07 Å². The molecule has 8 heteroatoms. The maximum absolute atomic E-state index is 16.2. The summed E-state index contributed by atoms with van der Waals surface area (Å²) in [5, 5.41) is 4.03. The fourth-order valence-electron chi connectivity index (χ4n) is 5.82. The Kier molecular flexibility index (Phi) is 9.40. The van der Waals surface area contributed by atoms with Gasteiger partial charge >= 0.3 is 0 Å². The Balaban J connectivity index is 1.51.